The SMILES string of the molecule is C/C(=N\OC/C=C/Br)c1cc(Cl)ccc1NS(=O)(=O)C(F)(F)F. The summed E-state index contributed by atoms with van der Waals surface area (Å²) in [5.41, 5.74) is -5.54. The van der Waals surface area contributed by atoms with E-state index in [0.29, 0.717) is 0 Å². The van der Waals surface area contributed by atoms with Gasteiger partial charge in [0.1, 0.15) is 6.61 Å². The van der Waals surface area contributed by atoms with Crippen LogP contribution >= 0.6 is 27.5 Å². The maximum absolute atomic E-state index is 12.5. The van der Waals surface area contributed by atoms with Gasteiger partial charge in [-0.05, 0) is 36.2 Å². The molecule has 5 nitrogen and oxygen atoms in total. The lowest BCUT2D eigenvalue weighted by Crippen LogP contribution is -2.30. The van der Waals surface area contributed by atoms with Crippen LogP contribution < -0.4 is 4.72 Å². The normalized spacial score (nSPS) is 13.4. The fourth-order valence-corrected chi connectivity index (χ4v) is 2.28. The van der Waals surface area contributed by atoms with Crippen molar-refractivity contribution in [1.82, 2.24) is 0 Å². The highest BCUT2D eigenvalue weighted by molar-refractivity contribution is 9.11. The second-order valence-electron chi connectivity index (χ2n) is 4.08. The number of anilines is 1. The Bertz CT molecular complexity index is 721. The van der Waals surface area contributed by atoms with Gasteiger partial charge < -0.3 is 4.84 Å². The quantitative estimate of drug-likeness (QED) is 0.413. The number of hydrogen-bond donors (Lipinski definition) is 1. The van der Waals surface area contributed by atoms with Crippen molar-refractivity contribution < 1.29 is 26.4 Å². The van der Waals surface area contributed by atoms with Crippen molar-refractivity contribution in [3.63, 3.8) is 0 Å². The molecule has 0 aliphatic carbocycles. The monoisotopic (exact) mass is 434 g/mol. The van der Waals surface area contributed by atoms with Crippen LogP contribution in [0.5, 0.6) is 0 Å². The molecule has 1 N–H and O–H groups in total. The number of hydrogen-bond acceptors (Lipinski definition) is 4. The number of rotatable bonds is 6. The Morgan fingerprint density at radius 1 is 1.48 bits per heavy atom. The molecule has 0 aromatic heterocycles. The maximum atomic E-state index is 12.5. The molecule has 23 heavy (non-hydrogen) atoms. The highest BCUT2D eigenvalue weighted by atomic mass is 79.9. The molecule has 0 aliphatic rings. The summed E-state index contributed by atoms with van der Waals surface area (Å²) in [6.45, 7) is 1.56. The highest BCUT2D eigenvalue weighted by Crippen LogP contribution is 2.28. The van der Waals surface area contributed by atoms with Gasteiger partial charge >= 0.3 is 15.5 Å². The molecule has 0 atom stereocenters. The zero-order valence-corrected chi connectivity index (χ0v) is 14.7. The molecule has 0 unspecified atom stereocenters. The van der Waals surface area contributed by atoms with Crippen molar-refractivity contribution in [2.75, 3.05) is 11.3 Å². The first-order valence-corrected chi connectivity index (χ1v) is 8.67. The minimum Gasteiger partial charge on any atom is -0.391 e. The van der Waals surface area contributed by atoms with Gasteiger partial charge in [-0.2, -0.15) is 21.6 Å². The first kappa shape index (κ1) is 19.8. The van der Waals surface area contributed by atoms with Crippen molar-refractivity contribution >= 4 is 49.0 Å². The third-order valence-corrected chi connectivity index (χ3v) is 4.09. The smallest absolute Gasteiger partial charge is 0.391 e. The van der Waals surface area contributed by atoms with E-state index in [-0.39, 0.29) is 28.6 Å². The number of nitrogens with zero attached hydrogens (tertiary/aromatic N) is 1. The van der Waals surface area contributed by atoms with Crippen molar-refractivity contribution in [3.05, 3.63) is 39.8 Å². The minimum absolute atomic E-state index is 0.0631. The summed E-state index contributed by atoms with van der Waals surface area (Å²) in [5, 5.41) is 3.89. The topological polar surface area (TPSA) is 67.8 Å². The lowest BCUT2D eigenvalue weighted by Gasteiger charge is -2.14. The van der Waals surface area contributed by atoms with Gasteiger partial charge in [0.15, 0.2) is 0 Å². The Morgan fingerprint density at radius 3 is 2.70 bits per heavy atom. The Kier molecular flexibility index (Phi) is 6.90. The predicted octanol–water partition coefficient (Wildman–Crippen LogP) is 4.25. The van der Waals surface area contributed by atoms with Gasteiger partial charge in [0.25, 0.3) is 0 Å². The molecule has 0 bridgehead atoms. The van der Waals surface area contributed by atoms with Crippen LogP contribution in [0.15, 0.2) is 34.4 Å². The number of sulfonamides is 1. The average molecular weight is 436 g/mol. The van der Waals surface area contributed by atoms with Gasteiger partial charge in [0.2, 0.25) is 0 Å². The van der Waals surface area contributed by atoms with Gasteiger partial charge in [-0.1, -0.05) is 32.7 Å². The van der Waals surface area contributed by atoms with Crippen LogP contribution in [0.1, 0.15) is 12.5 Å². The Hall–Kier alpha value is -1.26. The molecule has 1 aromatic rings. The minimum atomic E-state index is -5.56. The summed E-state index contributed by atoms with van der Waals surface area (Å²) >= 11 is 8.82. The van der Waals surface area contributed by atoms with Crippen LogP contribution in [-0.2, 0) is 14.9 Å². The van der Waals surface area contributed by atoms with Crippen LogP contribution in [0.2, 0.25) is 5.02 Å². The van der Waals surface area contributed by atoms with E-state index >= 15 is 0 Å². The Balaban J connectivity index is 3.16. The van der Waals surface area contributed by atoms with E-state index in [1.165, 1.54) is 23.8 Å². The van der Waals surface area contributed by atoms with E-state index in [2.05, 4.69) is 21.1 Å². The predicted molar refractivity (Wildman–Crippen MR) is 86.3 cm³/mol. The van der Waals surface area contributed by atoms with Crippen LogP contribution in [0, 0.1) is 0 Å². The van der Waals surface area contributed by atoms with E-state index in [4.69, 9.17) is 16.4 Å². The molecule has 0 saturated heterocycles. The summed E-state index contributed by atoms with van der Waals surface area (Å²) in [6, 6.07) is 3.64. The van der Waals surface area contributed by atoms with Gasteiger partial charge in [-0.3, -0.25) is 4.72 Å². The molecule has 0 radical (unpaired) electrons. The lowest BCUT2D eigenvalue weighted by atomic mass is 10.1. The van der Waals surface area contributed by atoms with E-state index in [9.17, 15) is 21.6 Å². The Labute approximate surface area is 144 Å². The summed E-state index contributed by atoms with van der Waals surface area (Å²) in [7, 11) is -5.56. The van der Waals surface area contributed by atoms with Crippen LogP contribution in [0.25, 0.3) is 0 Å². The number of oxime groups is 1. The summed E-state index contributed by atoms with van der Waals surface area (Å²) in [4.78, 5) is 6.45. The van der Waals surface area contributed by atoms with Crippen LogP contribution in [-0.4, -0.2) is 26.2 Å². The van der Waals surface area contributed by atoms with Crippen LogP contribution in [0.4, 0.5) is 18.9 Å². The van der Waals surface area contributed by atoms with E-state index in [1.54, 1.807) is 11.1 Å². The number of halogens is 5. The van der Waals surface area contributed by atoms with Gasteiger partial charge in [0, 0.05) is 10.6 Å². The van der Waals surface area contributed by atoms with Gasteiger partial charge in [-0.25, -0.2) is 0 Å². The van der Waals surface area contributed by atoms with Crippen molar-refractivity contribution in [3.8, 4) is 0 Å². The zero-order valence-electron chi connectivity index (χ0n) is 11.6. The van der Waals surface area contributed by atoms with E-state index in [0.717, 1.165) is 6.07 Å². The largest absolute Gasteiger partial charge is 0.516 e. The second-order valence-corrected chi connectivity index (χ2v) is 6.71. The highest BCUT2D eigenvalue weighted by Gasteiger charge is 2.46. The molecule has 11 heteroatoms. The first-order valence-electron chi connectivity index (χ1n) is 5.89. The molecule has 0 saturated carbocycles. The third-order valence-electron chi connectivity index (χ3n) is 2.38. The fourth-order valence-electron chi connectivity index (χ4n) is 1.37. The summed E-state index contributed by atoms with van der Waals surface area (Å²) < 4.78 is 61.3. The van der Waals surface area contributed by atoms with Gasteiger partial charge in [0.05, 0.1) is 11.4 Å². The van der Waals surface area contributed by atoms with E-state index in [1.807, 2.05) is 0 Å². The van der Waals surface area contributed by atoms with Crippen molar-refractivity contribution in [2.24, 2.45) is 5.16 Å². The summed E-state index contributed by atoms with van der Waals surface area (Å²) in [6.07, 6.45) is 1.59. The number of alkyl halides is 3. The lowest BCUT2D eigenvalue weighted by molar-refractivity contribution is -0.0429. The molecule has 1 aromatic carbocycles. The average Bonchev–Trinajstić information content (AvgIpc) is 2.44. The van der Waals surface area contributed by atoms with E-state index < -0.39 is 15.5 Å². The number of benzene rings is 1. The standard InChI is InChI=1S/C12H11BrClF3N2O3S/c1-8(18-22-6-2-5-13)10-7-9(14)3-4-11(10)19-23(20,21)12(15,16)17/h2-5,7,19H,6H2,1H3/b5-2+,18-8+. The maximum Gasteiger partial charge on any atom is 0.516 e. The molecular formula is C12H11BrClF3N2O3S. The first-order chi connectivity index (χ1) is 10.6. The molecule has 0 spiro atoms. The fraction of sp³-hybridized carbons (Fsp3) is 0.250. The summed E-state index contributed by atoms with van der Waals surface area (Å²) in [5.74, 6) is 0. The molecular weight excluding hydrogens is 425 g/mol. The Morgan fingerprint density at radius 2 is 2.13 bits per heavy atom. The molecule has 1 rings (SSSR count). The molecule has 128 valence electrons. The molecule has 0 fully saturated rings. The van der Waals surface area contributed by atoms with Crippen molar-refractivity contribution in [1.29, 1.82) is 0 Å². The third kappa shape index (κ3) is 5.70. The molecule has 0 amide bonds. The second kappa shape index (κ2) is 8.02. The van der Waals surface area contributed by atoms with Crippen molar-refractivity contribution in [2.45, 2.75) is 12.4 Å². The zero-order chi connectivity index (χ0) is 17.7. The number of nitrogens with one attached hydrogen (secondary N) is 1. The molecule has 0 aliphatic heterocycles. The van der Waals surface area contributed by atoms with Crippen LogP contribution in [0.3, 0.4) is 0 Å². The van der Waals surface area contributed by atoms with Gasteiger partial charge in [-0.15, -0.1) is 0 Å². The molecule has 0 heterocycles.